The van der Waals surface area contributed by atoms with Gasteiger partial charge in [-0.3, -0.25) is 4.90 Å². The molecule has 0 saturated heterocycles. The smallest absolute Gasteiger partial charge is 0.0615 e. The maximum absolute atomic E-state index is 5.66. The third kappa shape index (κ3) is 3.83. The molecule has 0 amide bonds. The van der Waals surface area contributed by atoms with Crippen molar-refractivity contribution in [3.63, 3.8) is 0 Å². The summed E-state index contributed by atoms with van der Waals surface area (Å²) in [4.78, 5) is 2.38. The minimum Gasteiger partial charge on any atom is -0.399 e. The number of methoxy groups -OCH3 is 1. The van der Waals surface area contributed by atoms with E-state index >= 15 is 0 Å². The van der Waals surface area contributed by atoms with Crippen molar-refractivity contribution in [3.8, 4) is 0 Å². The first kappa shape index (κ1) is 13.0. The van der Waals surface area contributed by atoms with E-state index < -0.39 is 0 Å². The Balaban J connectivity index is 2.59. The molecule has 2 N–H and O–H groups in total. The summed E-state index contributed by atoms with van der Waals surface area (Å²) in [6.45, 7) is 7.09. The summed E-state index contributed by atoms with van der Waals surface area (Å²) in [5.74, 6) is 0. The van der Waals surface area contributed by atoms with Crippen LogP contribution in [0.1, 0.15) is 19.4 Å². The van der Waals surface area contributed by atoms with Gasteiger partial charge < -0.3 is 10.5 Å². The Kier molecular flexibility index (Phi) is 5.29. The van der Waals surface area contributed by atoms with Crippen molar-refractivity contribution in [3.05, 3.63) is 29.8 Å². The molecule has 1 aromatic rings. The molecule has 0 heterocycles. The molecule has 3 heteroatoms. The van der Waals surface area contributed by atoms with Crippen LogP contribution in [-0.2, 0) is 11.3 Å². The minimum absolute atomic E-state index is 0.438. The van der Waals surface area contributed by atoms with Crippen molar-refractivity contribution in [2.75, 3.05) is 26.0 Å². The first-order valence-electron chi connectivity index (χ1n) is 5.74. The predicted molar refractivity (Wildman–Crippen MR) is 68.3 cm³/mol. The number of hydrogen-bond acceptors (Lipinski definition) is 3. The molecule has 0 saturated carbocycles. The Bertz CT molecular complexity index is 297. The Labute approximate surface area is 98.2 Å². The standard InChI is InChI=1S/C13H22N2O/c1-4-15(11(2)10-16-3)9-12-5-7-13(14)8-6-12/h5-8,11H,4,9-10,14H2,1-3H3. The Morgan fingerprint density at radius 3 is 2.44 bits per heavy atom. The van der Waals surface area contributed by atoms with E-state index in [1.165, 1.54) is 5.56 Å². The van der Waals surface area contributed by atoms with Gasteiger partial charge in [0.25, 0.3) is 0 Å². The average molecular weight is 222 g/mol. The van der Waals surface area contributed by atoms with Gasteiger partial charge >= 0.3 is 0 Å². The highest BCUT2D eigenvalue weighted by Gasteiger charge is 2.11. The molecule has 1 atom stereocenters. The van der Waals surface area contributed by atoms with Crippen LogP contribution in [0.5, 0.6) is 0 Å². The zero-order chi connectivity index (χ0) is 12.0. The van der Waals surface area contributed by atoms with E-state index in [2.05, 4.69) is 30.9 Å². The molecule has 16 heavy (non-hydrogen) atoms. The van der Waals surface area contributed by atoms with E-state index in [1.54, 1.807) is 7.11 Å². The predicted octanol–water partition coefficient (Wildman–Crippen LogP) is 2.13. The summed E-state index contributed by atoms with van der Waals surface area (Å²) in [7, 11) is 1.74. The number of nitrogen functional groups attached to an aromatic ring is 1. The van der Waals surface area contributed by atoms with Crippen LogP contribution in [0, 0.1) is 0 Å². The maximum atomic E-state index is 5.66. The van der Waals surface area contributed by atoms with Gasteiger partial charge in [-0.25, -0.2) is 0 Å². The first-order valence-corrected chi connectivity index (χ1v) is 5.74. The normalized spacial score (nSPS) is 13.0. The molecule has 0 bridgehead atoms. The highest BCUT2D eigenvalue weighted by Crippen LogP contribution is 2.10. The number of nitrogens with two attached hydrogens (primary N) is 1. The molecule has 0 aliphatic rings. The monoisotopic (exact) mass is 222 g/mol. The zero-order valence-electron chi connectivity index (χ0n) is 10.4. The zero-order valence-corrected chi connectivity index (χ0v) is 10.4. The number of rotatable bonds is 6. The quantitative estimate of drug-likeness (QED) is 0.749. The third-order valence-corrected chi connectivity index (χ3v) is 2.80. The largest absolute Gasteiger partial charge is 0.399 e. The topological polar surface area (TPSA) is 38.5 Å². The van der Waals surface area contributed by atoms with Crippen LogP contribution in [0.25, 0.3) is 0 Å². The number of nitrogens with zero attached hydrogens (tertiary/aromatic N) is 1. The lowest BCUT2D eigenvalue weighted by molar-refractivity contribution is 0.0982. The van der Waals surface area contributed by atoms with Crippen molar-refractivity contribution in [1.29, 1.82) is 0 Å². The van der Waals surface area contributed by atoms with Crippen LogP contribution in [-0.4, -0.2) is 31.2 Å². The van der Waals surface area contributed by atoms with Gasteiger partial charge in [-0.2, -0.15) is 0 Å². The second-order valence-electron chi connectivity index (χ2n) is 4.11. The second-order valence-corrected chi connectivity index (χ2v) is 4.11. The lowest BCUT2D eigenvalue weighted by Crippen LogP contribution is -2.35. The summed E-state index contributed by atoms with van der Waals surface area (Å²) in [5.41, 5.74) is 7.77. The fourth-order valence-corrected chi connectivity index (χ4v) is 1.78. The molecule has 0 aliphatic carbocycles. The fraction of sp³-hybridized carbons (Fsp3) is 0.538. The minimum atomic E-state index is 0.438. The lowest BCUT2D eigenvalue weighted by atomic mass is 10.1. The molecule has 1 rings (SSSR count). The van der Waals surface area contributed by atoms with E-state index in [9.17, 15) is 0 Å². The van der Waals surface area contributed by atoms with Crippen molar-refractivity contribution >= 4 is 5.69 Å². The van der Waals surface area contributed by atoms with Gasteiger partial charge in [-0.1, -0.05) is 19.1 Å². The molecule has 0 fully saturated rings. The third-order valence-electron chi connectivity index (χ3n) is 2.80. The van der Waals surface area contributed by atoms with Gasteiger partial charge in [-0.15, -0.1) is 0 Å². The summed E-state index contributed by atoms with van der Waals surface area (Å²) >= 11 is 0. The summed E-state index contributed by atoms with van der Waals surface area (Å²) in [6.07, 6.45) is 0. The molecule has 1 unspecified atom stereocenters. The van der Waals surface area contributed by atoms with Gasteiger partial charge in [0.15, 0.2) is 0 Å². The average Bonchev–Trinajstić information content (AvgIpc) is 2.28. The van der Waals surface area contributed by atoms with Crippen molar-refractivity contribution in [1.82, 2.24) is 4.90 Å². The van der Waals surface area contributed by atoms with Crippen LogP contribution < -0.4 is 5.73 Å². The molecule has 0 spiro atoms. The molecule has 0 aromatic heterocycles. The van der Waals surface area contributed by atoms with Gasteiger partial charge in [0, 0.05) is 25.4 Å². The van der Waals surface area contributed by atoms with Crippen LogP contribution in [0.2, 0.25) is 0 Å². The van der Waals surface area contributed by atoms with Crippen molar-refractivity contribution < 1.29 is 4.74 Å². The lowest BCUT2D eigenvalue weighted by Gasteiger charge is -2.27. The van der Waals surface area contributed by atoms with Gasteiger partial charge in [0.1, 0.15) is 0 Å². The van der Waals surface area contributed by atoms with Crippen LogP contribution in [0.4, 0.5) is 5.69 Å². The van der Waals surface area contributed by atoms with E-state index in [0.29, 0.717) is 6.04 Å². The number of ether oxygens (including phenoxy) is 1. The molecular formula is C13H22N2O. The molecule has 0 aliphatic heterocycles. The van der Waals surface area contributed by atoms with E-state index in [-0.39, 0.29) is 0 Å². The Morgan fingerprint density at radius 1 is 1.31 bits per heavy atom. The highest BCUT2D eigenvalue weighted by atomic mass is 16.5. The van der Waals surface area contributed by atoms with Gasteiger partial charge in [0.2, 0.25) is 0 Å². The molecular weight excluding hydrogens is 200 g/mol. The Hall–Kier alpha value is -1.06. The highest BCUT2D eigenvalue weighted by molar-refractivity contribution is 5.39. The van der Waals surface area contributed by atoms with Crippen LogP contribution in [0.15, 0.2) is 24.3 Å². The molecule has 90 valence electrons. The summed E-state index contributed by atoms with van der Waals surface area (Å²) < 4.78 is 5.18. The Morgan fingerprint density at radius 2 is 1.94 bits per heavy atom. The number of hydrogen-bond donors (Lipinski definition) is 1. The maximum Gasteiger partial charge on any atom is 0.0615 e. The van der Waals surface area contributed by atoms with Crippen molar-refractivity contribution in [2.45, 2.75) is 26.4 Å². The van der Waals surface area contributed by atoms with E-state index in [0.717, 1.165) is 25.4 Å². The van der Waals surface area contributed by atoms with Gasteiger partial charge in [-0.05, 0) is 31.2 Å². The van der Waals surface area contributed by atoms with E-state index in [1.807, 2.05) is 12.1 Å². The first-order chi connectivity index (χ1) is 7.67. The summed E-state index contributed by atoms with van der Waals surface area (Å²) in [5, 5.41) is 0. The SMILES string of the molecule is CCN(Cc1ccc(N)cc1)C(C)COC. The molecule has 0 radical (unpaired) electrons. The van der Waals surface area contributed by atoms with Crippen LogP contribution >= 0.6 is 0 Å². The van der Waals surface area contributed by atoms with Gasteiger partial charge in [0.05, 0.1) is 6.61 Å². The molecule has 1 aromatic carbocycles. The number of benzene rings is 1. The van der Waals surface area contributed by atoms with Crippen molar-refractivity contribution in [2.24, 2.45) is 0 Å². The van der Waals surface area contributed by atoms with Crippen LogP contribution in [0.3, 0.4) is 0 Å². The fourth-order valence-electron chi connectivity index (χ4n) is 1.78. The summed E-state index contributed by atoms with van der Waals surface area (Å²) in [6, 6.07) is 8.50. The molecule has 3 nitrogen and oxygen atoms in total. The van der Waals surface area contributed by atoms with E-state index in [4.69, 9.17) is 10.5 Å². The number of likely N-dealkylation sites (N-methyl/N-ethyl adjacent to an activating group) is 1. The second kappa shape index (κ2) is 6.51. The number of anilines is 1.